The lowest BCUT2D eigenvalue weighted by atomic mass is 10.0. The summed E-state index contributed by atoms with van der Waals surface area (Å²) in [4.78, 5) is 4.16. The molecule has 0 spiro atoms. The van der Waals surface area contributed by atoms with Gasteiger partial charge in [-0.15, -0.1) is 0 Å². The molecule has 17 heavy (non-hydrogen) atoms. The van der Waals surface area contributed by atoms with Crippen LogP contribution in [0.1, 0.15) is 24.6 Å². The third-order valence-corrected chi connectivity index (χ3v) is 3.48. The highest BCUT2D eigenvalue weighted by Gasteiger charge is 2.21. The van der Waals surface area contributed by atoms with Gasteiger partial charge in [-0.25, -0.2) is 4.98 Å². The Kier molecular flexibility index (Phi) is 4.37. The lowest BCUT2D eigenvalue weighted by molar-refractivity contribution is 0.178. The van der Waals surface area contributed by atoms with Crippen molar-refractivity contribution in [3.63, 3.8) is 0 Å². The van der Waals surface area contributed by atoms with Crippen LogP contribution < -0.4 is 5.32 Å². The normalized spacial score (nSPS) is 21.7. The van der Waals surface area contributed by atoms with Gasteiger partial charge >= 0.3 is 0 Å². The van der Waals surface area contributed by atoms with Gasteiger partial charge in [-0.2, -0.15) is 0 Å². The smallest absolute Gasteiger partial charge is 0.129 e. The van der Waals surface area contributed by atoms with E-state index in [0.29, 0.717) is 17.1 Å². The van der Waals surface area contributed by atoms with Crippen molar-refractivity contribution in [1.82, 2.24) is 10.3 Å². The average Bonchev–Trinajstić information content (AvgIpc) is 2.78. The van der Waals surface area contributed by atoms with E-state index in [1.165, 1.54) is 5.56 Å². The van der Waals surface area contributed by atoms with Crippen LogP contribution in [-0.2, 0) is 11.3 Å². The van der Waals surface area contributed by atoms with Gasteiger partial charge in [0.2, 0.25) is 0 Å². The van der Waals surface area contributed by atoms with Crippen molar-refractivity contribution in [2.75, 3.05) is 13.2 Å². The summed E-state index contributed by atoms with van der Waals surface area (Å²) in [6.45, 7) is 6.79. The largest absolute Gasteiger partial charge is 0.381 e. The molecular weight excluding hydrogens is 236 g/mol. The molecule has 0 aromatic carbocycles. The first-order valence-electron chi connectivity index (χ1n) is 6.09. The van der Waals surface area contributed by atoms with Crippen LogP contribution in [0, 0.1) is 12.8 Å². The van der Waals surface area contributed by atoms with Crippen molar-refractivity contribution in [3.05, 3.63) is 28.5 Å². The van der Waals surface area contributed by atoms with Crippen LogP contribution in [0.25, 0.3) is 0 Å². The second-order valence-electron chi connectivity index (χ2n) is 4.73. The first-order valence-corrected chi connectivity index (χ1v) is 6.47. The number of rotatable bonds is 4. The molecule has 1 fully saturated rings. The Hall–Kier alpha value is -0.640. The molecule has 94 valence electrons. The van der Waals surface area contributed by atoms with Crippen molar-refractivity contribution in [2.24, 2.45) is 5.92 Å². The van der Waals surface area contributed by atoms with E-state index in [2.05, 4.69) is 23.3 Å². The summed E-state index contributed by atoms with van der Waals surface area (Å²) in [5, 5.41) is 4.10. The van der Waals surface area contributed by atoms with Gasteiger partial charge < -0.3 is 10.1 Å². The highest BCUT2D eigenvalue weighted by atomic mass is 35.5. The Balaban J connectivity index is 1.88. The number of ether oxygens (including phenoxy) is 1. The number of aryl methyl sites for hydroxylation is 1. The predicted octanol–water partition coefficient (Wildman–Crippen LogP) is 2.56. The highest BCUT2D eigenvalue weighted by Crippen LogP contribution is 2.17. The maximum Gasteiger partial charge on any atom is 0.129 e. The summed E-state index contributed by atoms with van der Waals surface area (Å²) in [6.07, 6.45) is 1.16. The van der Waals surface area contributed by atoms with Crippen LogP contribution in [0.3, 0.4) is 0 Å². The fourth-order valence-corrected chi connectivity index (χ4v) is 2.46. The summed E-state index contributed by atoms with van der Waals surface area (Å²) < 4.78 is 5.40. The van der Waals surface area contributed by atoms with Gasteiger partial charge in [0.25, 0.3) is 0 Å². The van der Waals surface area contributed by atoms with E-state index >= 15 is 0 Å². The first-order chi connectivity index (χ1) is 8.15. The molecular formula is C13H19ClN2O. The molecule has 1 aromatic heterocycles. The van der Waals surface area contributed by atoms with Crippen molar-refractivity contribution >= 4 is 11.6 Å². The Bertz CT molecular complexity index is 357. The molecule has 0 amide bonds. The van der Waals surface area contributed by atoms with Crippen LogP contribution in [0.4, 0.5) is 0 Å². The molecule has 0 bridgehead atoms. The number of halogens is 1. The van der Waals surface area contributed by atoms with Gasteiger partial charge in [-0.1, -0.05) is 11.6 Å². The number of aromatic nitrogens is 1. The number of nitrogens with one attached hydrogen (secondary N) is 1. The molecule has 2 heterocycles. The summed E-state index contributed by atoms with van der Waals surface area (Å²) in [5.74, 6) is 0.633. The minimum atomic E-state index is 0.477. The Morgan fingerprint density at radius 1 is 1.59 bits per heavy atom. The Morgan fingerprint density at radius 3 is 3.06 bits per heavy atom. The second-order valence-corrected chi connectivity index (χ2v) is 5.12. The average molecular weight is 255 g/mol. The fourth-order valence-electron chi connectivity index (χ4n) is 2.19. The zero-order valence-electron chi connectivity index (χ0n) is 10.4. The van der Waals surface area contributed by atoms with Crippen LogP contribution in [0.2, 0.25) is 5.15 Å². The maximum absolute atomic E-state index is 5.93. The molecule has 1 aromatic rings. The lowest BCUT2D eigenvalue weighted by Gasteiger charge is -2.19. The Morgan fingerprint density at radius 2 is 2.41 bits per heavy atom. The third-order valence-electron chi connectivity index (χ3n) is 3.28. The van der Waals surface area contributed by atoms with Gasteiger partial charge in [0.05, 0.1) is 6.61 Å². The molecule has 4 heteroatoms. The van der Waals surface area contributed by atoms with Gasteiger partial charge in [-0.05, 0) is 43.9 Å². The molecule has 2 atom stereocenters. The zero-order chi connectivity index (χ0) is 12.3. The van der Waals surface area contributed by atoms with Crippen LogP contribution in [-0.4, -0.2) is 24.2 Å². The van der Waals surface area contributed by atoms with E-state index in [0.717, 1.165) is 31.9 Å². The fraction of sp³-hybridized carbons (Fsp3) is 0.615. The number of nitrogens with zero attached hydrogens (tertiary/aromatic N) is 1. The van der Waals surface area contributed by atoms with Crippen molar-refractivity contribution in [3.8, 4) is 0 Å². The number of pyridine rings is 1. The van der Waals surface area contributed by atoms with E-state index < -0.39 is 0 Å². The zero-order valence-corrected chi connectivity index (χ0v) is 11.1. The summed E-state index contributed by atoms with van der Waals surface area (Å²) in [6, 6.07) is 4.46. The molecule has 1 N–H and O–H groups in total. The number of hydrogen-bond donors (Lipinski definition) is 1. The summed E-state index contributed by atoms with van der Waals surface area (Å²) in [5.41, 5.74) is 2.15. The first kappa shape index (κ1) is 12.8. The van der Waals surface area contributed by atoms with Gasteiger partial charge in [0.15, 0.2) is 0 Å². The maximum atomic E-state index is 5.93. The molecule has 2 rings (SSSR count). The van der Waals surface area contributed by atoms with E-state index in [-0.39, 0.29) is 0 Å². The standard InChI is InChI=1S/C13H19ClN2O/c1-9-5-11(6-13(14)16-9)7-15-10(2)12-3-4-17-8-12/h5-6,10,12,15H,3-4,7-8H2,1-2H3/t10-,12-/m0/s1. The van der Waals surface area contributed by atoms with Crippen LogP contribution in [0.5, 0.6) is 0 Å². The lowest BCUT2D eigenvalue weighted by Crippen LogP contribution is -2.33. The van der Waals surface area contributed by atoms with Crippen LogP contribution in [0.15, 0.2) is 12.1 Å². The van der Waals surface area contributed by atoms with E-state index in [4.69, 9.17) is 16.3 Å². The van der Waals surface area contributed by atoms with Gasteiger partial charge in [-0.3, -0.25) is 0 Å². The molecule has 3 nitrogen and oxygen atoms in total. The molecule has 0 radical (unpaired) electrons. The molecule has 0 aliphatic carbocycles. The van der Waals surface area contributed by atoms with E-state index in [9.17, 15) is 0 Å². The molecule has 0 saturated carbocycles. The SMILES string of the molecule is Cc1cc(CN[C@@H](C)[C@H]2CCOC2)cc(Cl)n1. The van der Waals surface area contributed by atoms with E-state index in [1.807, 2.05) is 13.0 Å². The van der Waals surface area contributed by atoms with Crippen molar-refractivity contribution in [1.29, 1.82) is 0 Å². The van der Waals surface area contributed by atoms with E-state index in [1.54, 1.807) is 0 Å². The van der Waals surface area contributed by atoms with Crippen LogP contribution >= 0.6 is 11.6 Å². The summed E-state index contributed by atoms with van der Waals surface area (Å²) in [7, 11) is 0. The molecule has 1 aliphatic heterocycles. The quantitative estimate of drug-likeness (QED) is 0.839. The molecule has 1 aliphatic rings. The van der Waals surface area contributed by atoms with Gasteiger partial charge in [0.1, 0.15) is 5.15 Å². The predicted molar refractivity (Wildman–Crippen MR) is 69.2 cm³/mol. The van der Waals surface area contributed by atoms with Gasteiger partial charge in [0, 0.05) is 24.9 Å². The second kappa shape index (κ2) is 5.80. The minimum absolute atomic E-state index is 0.477. The number of hydrogen-bond acceptors (Lipinski definition) is 3. The highest BCUT2D eigenvalue weighted by molar-refractivity contribution is 6.29. The summed E-state index contributed by atoms with van der Waals surface area (Å²) >= 11 is 5.93. The minimum Gasteiger partial charge on any atom is -0.381 e. The molecule has 1 saturated heterocycles. The third kappa shape index (κ3) is 3.66. The monoisotopic (exact) mass is 254 g/mol. The molecule has 0 unspecified atom stereocenters. The van der Waals surface area contributed by atoms with Crippen molar-refractivity contribution in [2.45, 2.75) is 32.9 Å². The topological polar surface area (TPSA) is 34.1 Å². The Labute approximate surface area is 108 Å². The van der Waals surface area contributed by atoms with Crippen molar-refractivity contribution < 1.29 is 4.74 Å².